The molecule has 1 aromatic rings. The summed E-state index contributed by atoms with van der Waals surface area (Å²) in [6, 6.07) is 12.0. The van der Waals surface area contributed by atoms with Crippen LogP contribution in [-0.4, -0.2) is 6.61 Å². The molecule has 1 saturated heterocycles. The minimum absolute atomic E-state index is 0.673. The maximum absolute atomic E-state index is 8.58. The minimum Gasteiger partial charge on any atom is -0.492 e. The van der Waals surface area contributed by atoms with E-state index in [9.17, 15) is 0 Å². The maximum atomic E-state index is 8.58. The summed E-state index contributed by atoms with van der Waals surface area (Å²) in [5.74, 6) is 0.710. The van der Waals surface area contributed by atoms with Gasteiger partial charge < -0.3 is 4.74 Å². The molecule has 1 heterocycles. The highest BCUT2D eigenvalue weighted by molar-refractivity contribution is 5.58. The first kappa shape index (κ1) is 9.54. The fraction of sp³-hybridized carbons (Fsp3) is 0.154. The van der Waals surface area contributed by atoms with Gasteiger partial charge in [0.15, 0.2) is 0 Å². The summed E-state index contributed by atoms with van der Waals surface area (Å²) in [6.07, 6.45) is 4.40. The van der Waals surface area contributed by atoms with E-state index in [1.54, 1.807) is 0 Å². The molecule has 1 fully saturated rings. The molecule has 2 rings (SSSR count). The first-order valence-corrected chi connectivity index (χ1v) is 4.89. The van der Waals surface area contributed by atoms with Crippen LogP contribution in [0.4, 0.5) is 0 Å². The van der Waals surface area contributed by atoms with E-state index in [4.69, 9.17) is 10.00 Å². The van der Waals surface area contributed by atoms with Gasteiger partial charge >= 0.3 is 0 Å². The van der Waals surface area contributed by atoms with E-state index in [0.717, 1.165) is 17.6 Å². The van der Waals surface area contributed by atoms with Gasteiger partial charge in [-0.2, -0.15) is 5.26 Å². The molecule has 0 N–H and O–H groups in total. The van der Waals surface area contributed by atoms with E-state index >= 15 is 0 Å². The monoisotopic (exact) mass is 197 g/mol. The molecule has 1 aliphatic rings. The molecule has 1 aliphatic heterocycles. The molecule has 0 bridgehead atoms. The lowest BCUT2D eigenvalue weighted by Gasteiger charge is -1.98. The van der Waals surface area contributed by atoms with Crippen molar-refractivity contribution in [3.8, 4) is 6.07 Å². The van der Waals surface area contributed by atoms with Crippen molar-refractivity contribution in [1.82, 2.24) is 0 Å². The van der Waals surface area contributed by atoms with E-state index in [2.05, 4.69) is 6.08 Å². The fourth-order valence-electron chi connectivity index (χ4n) is 1.57. The van der Waals surface area contributed by atoms with E-state index in [1.807, 2.05) is 36.4 Å². The minimum atomic E-state index is 0.673. The predicted molar refractivity (Wildman–Crippen MR) is 58.7 cm³/mol. The molecule has 2 heteroatoms. The van der Waals surface area contributed by atoms with Crippen LogP contribution in [0.25, 0.3) is 6.08 Å². The molecule has 0 aliphatic carbocycles. The summed E-state index contributed by atoms with van der Waals surface area (Å²) in [5, 5.41) is 8.58. The number of nitrogens with zero attached hydrogens (tertiary/aromatic N) is 1. The number of rotatable bonds is 1. The van der Waals surface area contributed by atoms with Crippen molar-refractivity contribution in [3.05, 3.63) is 53.3 Å². The lowest BCUT2D eigenvalue weighted by Crippen LogP contribution is -1.81. The number of nitriles is 1. The van der Waals surface area contributed by atoms with Crippen LogP contribution in [0.3, 0.4) is 0 Å². The SMILES string of the molecule is N#C/C=C1\OCC\C1=C/c1ccccc1. The van der Waals surface area contributed by atoms with Gasteiger partial charge in [0.1, 0.15) is 5.76 Å². The van der Waals surface area contributed by atoms with Crippen LogP contribution < -0.4 is 0 Å². The van der Waals surface area contributed by atoms with Crippen LogP contribution in [0.1, 0.15) is 12.0 Å². The average Bonchev–Trinajstić information content (AvgIpc) is 2.68. The van der Waals surface area contributed by atoms with Crippen molar-refractivity contribution < 1.29 is 4.74 Å². The van der Waals surface area contributed by atoms with Gasteiger partial charge in [-0.3, -0.25) is 0 Å². The zero-order valence-corrected chi connectivity index (χ0v) is 8.31. The van der Waals surface area contributed by atoms with Crippen molar-refractivity contribution in [3.63, 3.8) is 0 Å². The van der Waals surface area contributed by atoms with Gasteiger partial charge in [0.05, 0.1) is 18.8 Å². The maximum Gasteiger partial charge on any atom is 0.133 e. The molecule has 0 atom stereocenters. The van der Waals surface area contributed by atoms with Gasteiger partial charge in [-0.25, -0.2) is 0 Å². The molecule has 74 valence electrons. The Kier molecular flexibility index (Phi) is 2.85. The van der Waals surface area contributed by atoms with Crippen LogP contribution in [0.5, 0.6) is 0 Å². The van der Waals surface area contributed by atoms with Gasteiger partial charge in [-0.1, -0.05) is 30.3 Å². The zero-order chi connectivity index (χ0) is 10.5. The molecular weight excluding hydrogens is 186 g/mol. The van der Waals surface area contributed by atoms with Crippen molar-refractivity contribution in [2.45, 2.75) is 6.42 Å². The number of ether oxygens (including phenoxy) is 1. The Balaban J connectivity index is 2.28. The van der Waals surface area contributed by atoms with Crippen molar-refractivity contribution in [2.75, 3.05) is 6.61 Å². The number of hydrogen-bond acceptors (Lipinski definition) is 2. The standard InChI is InChI=1S/C13H11NO/c14-8-6-13-12(7-9-15-13)10-11-4-2-1-3-5-11/h1-6,10H,7,9H2/b12-10+,13-6-. The van der Waals surface area contributed by atoms with Crippen LogP contribution >= 0.6 is 0 Å². The third kappa shape index (κ3) is 2.26. The number of hydrogen-bond donors (Lipinski definition) is 0. The van der Waals surface area contributed by atoms with Crippen molar-refractivity contribution in [1.29, 1.82) is 5.26 Å². The molecule has 0 radical (unpaired) electrons. The summed E-state index contributed by atoms with van der Waals surface area (Å²) in [4.78, 5) is 0. The second kappa shape index (κ2) is 4.47. The van der Waals surface area contributed by atoms with Gasteiger partial charge in [0, 0.05) is 6.42 Å². The van der Waals surface area contributed by atoms with Crippen molar-refractivity contribution in [2.24, 2.45) is 0 Å². The summed E-state index contributed by atoms with van der Waals surface area (Å²) in [5.41, 5.74) is 2.24. The van der Waals surface area contributed by atoms with E-state index in [-0.39, 0.29) is 0 Å². The first-order chi connectivity index (χ1) is 7.40. The van der Waals surface area contributed by atoms with Crippen LogP contribution in [-0.2, 0) is 4.74 Å². The Morgan fingerprint density at radius 2 is 2.07 bits per heavy atom. The fourth-order valence-corrected chi connectivity index (χ4v) is 1.57. The highest BCUT2D eigenvalue weighted by Crippen LogP contribution is 2.25. The summed E-state index contributed by atoms with van der Waals surface area (Å²) >= 11 is 0. The largest absolute Gasteiger partial charge is 0.492 e. The third-order valence-electron chi connectivity index (χ3n) is 2.28. The molecule has 0 unspecified atom stereocenters. The van der Waals surface area contributed by atoms with E-state index in [1.165, 1.54) is 6.08 Å². The Labute approximate surface area is 89.1 Å². The normalized spacial score (nSPS) is 20.2. The molecule has 2 nitrogen and oxygen atoms in total. The first-order valence-electron chi connectivity index (χ1n) is 4.89. The van der Waals surface area contributed by atoms with Crippen LogP contribution in [0.15, 0.2) is 47.7 Å². The van der Waals surface area contributed by atoms with E-state index < -0.39 is 0 Å². The molecule has 1 aromatic carbocycles. The number of benzene rings is 1. The lowest BCUT2D eigenvalue weighted by molar-refractivity contribution is 0.266. The van der Waals surface area contributed by atoms with Crippen molar-refractivity contribution >= 4 is 6.08 Å². The van der Waals surface area contributed by atoms with Gasteiger partial charge in [-0.15, -0.1) is 0 Å². The Bertz CT molecular complexity index is 437. The summed E-state index contributed by atoms with van der Waals surface area (Å²) in [6.45, 7) is 0.673. The van der Waals surface area contributed by atoms with Gasteiger partial charge in [0.2, 0.25) is 0 Å². The summed E-state index contributed by atoms with van der Waals surface area (Å²) in [7, 11) is 0. The average molecular weight is 197 g/mol. The molecular formula is C13H11NO. The lowest BCUT2D eigenvalue weighted by atomic mass is 10.1. The van der Waals surface area contributed by atoms with Gasteiger partial charge in [0.25, 0.3) is 0 Å². The highest BCUT2D eigenvalue weighted by atomic mass is 16.5. The molecule has 0 spiro atoms. The molecule has 0 saturated carbocycles. The molecule has 0 amide bonds. The third-order valence-corrected chi connectivity index (χ3v) is 2.28. The molecule has 0 aromatic heterocycles. The smallest absolute Gasteiger partial charge is 0.133 e. The quantitative estimate of drug-likeness (QED) is 0.648. The Morgan fingerprint density at radius 3 is 2.80 bits per heavy atom. The zero-order valence-electron chi connectivity index (χ0n) is 8.31. The van der Waals surface area contributed by atoms with Crippen LogP contribution in [0.2, 0.25) is 0 Å². The highest BCUT2D eigenvalue weighted by Gasteiger charge is 2.14. The topological polar surface area (TPSA) is 33.0 Å². The summed E-state index contributed by atoms with van der Waals surface area (Å²) < 4.78 is 5.35. The second-order valence-corrected chi connectivity index (χ2v) is 3.32. The van der Waals surface area contributed by atoms with Crippen LogP contribution in [0, 0.1) is 11.3 Å². The Morgan fingerprint density at radius 1 is 1.27 bits per heavy atom. The Hall–Kier alpha value is -2.01. The second-order valence-electron chi connectivity index (χ2n) is 3.32. The molecule has 15 heavy (non-hydrogen) atoms. The van der Waals surface area contributed by atoms with Gasteiger partial charge in [-0.05, 0) is 17.2 Å². The van der Waals surface area contributed by atoms with E-state index in [0.29, 0.717) is 12.4 Å². The predicted octanol–water partition coefficient (Wildman–Crippen LogP) is 2.90. The number of allylic oxidation sites excluding steroid dienone is 2.